The molecule has 2 heterocycles. The van der Waals surface area contributed by atoms with Gasteiger partial charge < -0.3 is 19.7 Å². The van der Waals surface area contributed by atoms with Gasteiger partial charge in [-0.2, -0.15) is 0 Å². The SMILES string of the molecule is COc1ccc(NCC(=O)N2CCOCC2)cn1. The van der Waals surface area contributed by atoms with Crippen molar-refractivity contribution in [2.75, 3.05) is 45.3 Å². The highest BCUT2D eigenvalue weighted by Gasteiger charge is 2.16. The molecule has 0 unspecified atom stereocenters. The summed E-state index contributed by atoms with van der Waals surface area (Å²) >= 11 is 0. The normalized spacial score (nSPS) is 15.3. The number of morpholine rings is 1. The van der Waals surface area contributed by atoms with E-state index in [9.17, 15) is 4.79 Å². The lowest BCUT2D eigenvalue weighted by Crippen LogP contribution is -2.43. The number of nitrogens with zero attached hydrogens (tertiary/aromatic N) is 2. The third kappa shape index (κ3) is 3.33. The zero-order valence-corrected chi connectivity index (χ0v) is 10.4. The Balaban J connectivity index is 1.80. The van der Waals surface area contributed by atoms with Crippen molar-refractivity contribution >= 4 is 11.6 Å². The Kier molecular flexibility index (Phi) is 4.35. The third-order valence-corrected chi connectivity index (χ3v) is 2.75. The molecule has 1 fully saturated rings. The molecule has 0 aromatic carbocycles. The minimum absolute atomic E-state index is 0.0779. The van der Waals surface area contributed by atoms with Gasteiger partial charge in [0.05, 0.1) is 38.8 Å². The molecule has 1 aliphatic rings. The number of methoxy groups -OCH3 is 1. The van der Waals surface area contributed by atoms with Gasteiger partial charge >= 0.3 is 0 Å². The first-order valence-electron chi connectivity index (χ1n) is 5.89. The first-order chi connectivity index (χ1) is 8.79. The molecule has 0 saturated carbocycles. The fourth-order valence-corrected chi connectivity index (χ4v) is 1.71. The van der Waals surface area contributed by atoms with Crippen LogP contribution in [0.25, 0.3) is 0 Å². The molecule has 1 aromatic rings. The second-order valence-corrected chi connectivity index (χ2v) is 3.94. The van der Waals surface area contributed by atoms with Crippen molar-refractivity contribution in [3.05, 3.63) is 18.3 Å². The number of carbonyl (C=O) groups excluding carboxylic acids is 1. The van der Waals surface area contributed by atoms with Gasteiger partial charge in [-0.15, -0.1) is 0 Å². The molecule has 0 bridgehead atoms. The number of rotatable bonds is 4. The van der Waals surface area contributed by atoms with Crippen LogP contribution in [0.4, 0.5) is 5.69 Å². The summed E-state index contributed by atoms with van der Waals surface area (Å²) in [6, 6.07) is 3.58. The number of hydrogen-bond acceptors (Lipinski definition) is 5. The largest absolute Gasteiger partial charge is 0.481 e. The fourth-order valence-electron chi connectivity index (χ4n) is 1.71. The van der Waals surface area contributed by atoms with Gasteiger partial charge in [0.15, 0.2) is 0 Å². The number of nitrogens with one attached hydrogen (secondary N) is 1. The summed E-state index contributed by atoms with van der Waals surface area (Å²) in [5, 5.41) is 3.04. The summed E-state index contributed by atoms with van der Waals surface area (Å²) in [6.07, 6.45) is 1.64. The highest BCUT2D eigenvalue weighted by molar-refractivity contribution is 5.80. The van der Waals surface area contributed by atoms with Gasteiger partial charge in [0.25, 0.3) is 0 Å². The van der Waals surface area contributed by atoms with Crippen LogP contribution in [0.3, 0.4) is 0 Å². The molecule has 0 atom stereocenters. The van der Waals surface area contributed by atoms with E-state index in [0.29, 0.717) is 32.2 Å². The topological polar surface area (TPSA) is 63.7 Å². The Morgan fingerprint density at radius 2 is 2.28 bits per heavy atom. The van der Waals surface area contributed by atoms with E-state index < -0.39 is 0 Å². The monoisotopic (exact) mass is 251 g/mol. The van der Waals surface area contributed by atoms with Gasteiger partial charge in [-0.25, -0.2) is 4.98 Å². The Labute approximate surface area is 106 Å². The standard InChI is InChI=1S/C12H17N3O3/c1-17-11-3-2-10(8-14-11)13-9-12(16)15-4-6-18-7-5-15/h2-3,8,13H,4-7,9H2,1H3. The lowest BCUT2D eigenvalue weighted by Gasteiger charge is -2.27. The summed E-state index contributed by atoms with van der Waals surface area (Å²) in [5.74, 6) is 0.633. The number of pyridine rings is 1. The first kappa shape index (κ1) is 12.6. The van der Waals surface area contributed by atoms with Crippen LogP contribution in [0.5, 0.6) is 5.88 Å². The minimum Gasteiger partial charge on any atom is -0.481 e. The van der Waals surface area contributed by atoms with Crippen molar-refractivity contribution in [2.24, 2.45) is 0 Å². The second kappa shape index (κ2) is 6.20. The van der Waals surface area contributed by atoms with Crippen molar-refractivity contribution in [2.45, 2.75) is 0 Å². The van der Waals surface area contributed by atoms with E-state index in [0.717, 1.165) is 5.69 Å². The molecule has 1 N–H and O–H groups in total. The number of anilines is 1. The number of hydrogen-bond donors (Lipinski definition) is 1. The van der Waals surface area contributed by atoms with Crippen LogP contribution in [-0.2, 0) is 9.53 Å². The van der Waals surface area contributed by atoms with E-state index >= 15 is 0 Å². The molecule has 0 radical (unpaired) electrons. The van der Waals surface area contributed by atoms with Crippen LogP contribution in [0, 0.1) is 0 Å². The van der Waals surface area contributed by atoms with Gasteiger partial charge in [-0.1, -0.05) is 0 Å². The summed E-state index contributed by atoms with van der Waals surface area (Å²) < 4.78 is 10.2. The van der Waals surface area contributed by atoms with E-state index in [1.165, 1.54) is 0 Å². The van der Waals surface area contributed by atoms with Gasteiger partial charge in [0.2, 0.25) is 11.8 Å². The van der Waals surface area contributed by atoms with Crippen LogP contribution >= 0.6 is 0 Å². The zero-order chi connectivity index (χ0) is 12.8. The van der Waals surface area contributed by atoms with Crippen molar-refractivity contribution in [3.8, 4) is 5.88 Å². The molecule has 0 aliphatic carbocycles. The number of ether oxygens (including phenoxy) is 2. The van der Waals surface area contributed by atoms with Gasteiger partial charge in [-0.05, 0) is 6.07 Å². The lowest BCUT2D eigenvalue weighted by atomic mass is 10.3. The maximum Gasteiger partial charge on any atom is 0.242 e. The average Bonchev–Trinajstić information content (AvgIpc) is 2.46. The molecule has 2 rings (SSSR count). The summed E-state index contributed by atoms with van der Waals surface area (Å²) in [4.78, 5) is 17.7. The Hall–Kier alpha value is -1.82. The predicted molar refractivity (Wildman–Crippen MR) is 66.7 cm³/mol. The van der Waals surface area contributed by atoms with E-state index in [-0.39, 0.29) is 12.5 Å². The van der Waals surface area contributed by atoms with Crippen molar-refractivity contribution in [1.82, 2.24) is 9.88 Å². The van der Waals surface area contributed by atoms with Gasteiger partial charge in [0, 0.05) is 19.2 Å². The number of aromatic nitrogens is 1. The molecular formula is C12H17N3O3. The second-order valence-electron chi connectivity index (χ2n) is 3.94. The lowest BCUT2D eigenvalue weighted by molar-refractivity contribution is -0.133. The van der Waals surface area contributed by atoms with Crippen molar-refractivity contribution in [3.63, 3.8) is 0 Å². The molecule has 1 aliphatic heterocycles. The highest BCUT2D eigenvalue weighted by Crippen LogP contribution is 2.10. The molecule has 18 heavy (non-hydrogen) atoms. The summed E-state index contributed by atoms with van der Waals surface area (Å²) in [6.45, 7) is 2.85. The molecule has 1 saturated heterocycles. The quantitative estimate of drug-likeness (QED) is 0.837. The first-order valence-corrected chi connectivity index (χ1v) is 5.89. The Bertz CT molecular complexity index is 388. The van der Waals surface area contributed by atoms with Crippen LogP contribution in [0.1, 0.15) is 0 Å². The maximum absolute atomic E-state index is 11.9. The van der Waals surface area contributed by atoms with E-state index in [1.807, 2.05) is 6.07 Å². The molecular weight excluding hydrogens is 234 g/mol. The van der Waals surface area contributed by atoms with Crippen LogP contribution in [0.15, 0.2) is 18.3 Å². The third-order valence-electron chi connectivity index (χ3n) is 2.75. The number of amides is 1. The average molecular weight is 251 g/mol. The maximum atomic E-state index is 11.9. The van der Waals surface area contributed by atoms with Crippen LogP contribution in [-0.4, -0.2) is 55.7 Å². The van der Waals surface area contributed by atoms with Crippen molar-refractivity contribution in [1.29, 1.82) is 0 Å². The summed E-state index contributed by atoms with van der Waals surface area (Å²) in [7, 11) is 1.57. The van der Waals surface area contributed by atoms with E-state index in [2.05, 4.69) is 10.3 Å². The van der Waals surface area contributed by atoms with E-state index in [1.54, 1.807) is 24.3 Å². The summed E-state index contributed by atoms with van der Waals surface area (Å²) in [5.41, 5.74) is 0.803. The molecule has 6 heteroatoms. The highest BCUT2D eigenvalue weighted by atomic mass is 16.5. The smallest absolute Gasteiger partial charge is 0.242 e. The zero-order valence-electron chi connectivity index (χ0n) is 10.4. The fraction of sp³-hybridized carbons (Fsp3) is 0.500. The molecule has 6 nitrogen and oxygen atoms in total. The van der Waals surface area contributed by atoms with E-state index in [4.69, 9.17) is 9.47 Å². The number of carbonyl (C=O) groups is 1. The predicted octanol–water partition coefficient (Wildman–Crippen LogP) is 0.361. The minimum atomic E-state index is 0.0779. The van der Waals surface area contributed by atoms with Crippen molar-refractivity contribution < 1.29 is 14.3 Å². The molecule has 1 amide bonds. The van der Waals surface area contributed by atoms with Gasteiger partial charge in [-0.3, -0.25) is 4.79 Å². The Morgan fingerprint density at radius 3 is 2.89 bits per heavy atom. The van der Waals surface area contributed by atoms with Crippen LogP contribution < -0.4 is 10.1 Å². The Morgan fingerprint density at radius 1 is 1.50 bits per heavy atom. The molecule has 98 valence electrons. The molecule has 0 spiro atoms. The van der Waals surface area contributed by atoms with Crippen LogP contribution in [0.2, 0.25) is 0 Å². The van der Waals surface area contributed by atoms with Gasteiger partial charge in [0.1, 0.15) is 0 Å². The molecule has 1 aromatic heterocycles.